The number of nitriles is 1. The minimum absolute atomic E-state index is 0.153. The van der Waals surface area contributed by atoms with Crippen molar-refractivity contribution in [1.82, 2.24) is 10.0 Å². The maximum Gasteiger partial charge on any atom is 0.228 e. The van der Waals surface area contributed by atoms with Gasteiger partial charge in [0.05, 0.1) is 18.8 Å². The van der Waals surface area contributed by atoms with Crippen LogP contribution in [0.5, 0.6) is 0 Å². The van der Waals surface area contributed by atoms with Crippen molar-refractivity contribution in [3.63, 3.8) is 0 Å². The molecule has 1 aliphatic rings. The molecule has 6 nitrogen and oxygen atoms in total. The molecular formula is C9H17N3O3S. The molecule has 1 aliphatic heterocycles. The van der Waals surface area contributed by atoms with Gasteiger partial charge in [-0.3, -0.25) is 0 Å². The van der Waals surface area contributed by atoms with Gasteiger partial charge < -0.3 is 10.1 Å². The van der Waals surface area contributed by atoms with Gasteiger partial charge >= 0.3 is 0 Å². The number of nitrogens with one attached hydrogen (secondary N) is 2. The molecule has 2 atom stereocenters. The van der Waals surface area contributed by atoms with Crippen LogP contribution in [0.4, 0.5) is 0 Å². The Balaban J connectivity index is 2.44. The van der Waals surface area contributed by atoms with E-state index in [2.05, 4.69) is 10.0 Å². The van der Waals surface area contributed by atoms with Crippen molar-refractivity contribution in [3.05, 3.63) is 0 Å². The van der Waals surface area contributed by atoms with Crippen LogP contribution in [0.15, 0.2) is 0 Å². The zero-order valence-electron chi connectivity index (χ0n) is 9.27. The molecule has 1 rings (SSSR count). The number of ether oxygens (including phenoxy) is 1. The molecule has 0 aromatic rings. The van der Waals surface area contributed by atoms with Crippen molar-refractivity contribution in [2.24, 2.45) is 0 Å². The summed E-state index contributed by atoms with van der Waals surface area (Å²) in [6, 6.07) is 1.77. The zero-order chi connectivity index (χ0) is 12.0. The van der Waals surface area contributed by atoms with Crippen LogP contribution in [-0.4, -0.2) is 46.0 Å². The van der Waals surface area contributed by atoms with Gasteiger partial charge in [0.2, 0.25) is 10.0 Å². The highest BCUT2D eigenvalue weighted by Crippen LogP contribution is 2.03. The average Bonchev–Trinajstić information content (AvgIpc) is 2.29. The van der Waals surface area contributed by atoms with Gasteiger partial charge in [0.25, 0.3) is 0 Å². The first-order valence-electron chi connectivity index (χ1n) is 5.30. The van der Waals surface area contributed by atoms with Gasteiger partial charge in [-0.1, -0.05) is 6.92 Å². The number of rotatable bonds is 5. The zero-order valence-corrected chi connectivity index (χ0v) is 10.1. The van der Waals surface area contributed by atoms with Gasteiger partial charge in [0.1, 0.15) is 0 Å². The second-order valence-corrected chi connectivity index (χ2v) is 5.56. The van der Waals surface area contributed by atoms with Crippen molar-refractivity contribution in [1.29, 1.82) is 5.26 Å². The Hall–Kier alpha value is -0.680. The van der Waals surface area contributed by atoms with Gasteiger partial charge in [0, 0.05) is 19.6 Å². The van der Waals surface area contributed by atoms with E-state index in [4.69, 9.17) is 10.00 Å². The lowest BCUT2D eigenvalue weighted by Crippen LogP contribution is -2.46. The molecular weight excluding hydrogens is 230 g/mol. The molecule has 0 spiro atoms. The fraction of sp³-hybridized carbons (Fsp3) is 0.889. The van der Waals surface area contributed by atoms with Crippen LogP contribution in [0.1, 0.15) is 13.3 Å². The summed E-state index contributed by atoms with van der Waals surface area (Å²) in [7, 11) is -3.54. The summed E-state index contributed by atoms with van der Waals surface area (Å²) in [5.41, 5.74) is 0. The molecule has 1 heterocycles. The van der Waals surface area contributed by atoms with E-state index in [0.717, 1.165) is 6.54 Å². The van der Waals surface area contributed by atoms with Gasteiger partial charge in [-0.25, -0.2) is 13.1 Å². The number of hydrogen-bond donors (Lipinski definition) is 2. The van der Waals surface area contributed by atoms with E-state index in [1.807, 2.05) is 0 Å². The summed E-state index contributed by atoms with van der Waals surface area (Å²) in [5.74, 6) is 0. The molecule has 2 unspecified atom stereocenters. The third-order valence-electron chi connectivity index (χ3n) is 2.41. The van der Waals surface area contributed by atoms with Crippen molar-refractivity contribution < 1.29 is 13.2 Å². The van der Waals surface area contributed by atoms with Crippen LogP contribution < -0.4 is 10.0 Å². The van der Waals surface area contributed by atoms with Crippen LogP contribution in [0.25, 0.3) is 0 Å². The minimum Gasteiger partial charge on any atom is -0.374 e. The van der Waals surface area contributed by atoms with Gasteiger partial charge in [0.15, 0.2) is 5.25 Å². The quantitative estimate of drug-likeness (QED) is 0.663. The van der Waals surface area contributed by atoms with Gasteiger partial charge in [-0.2, -0.15) is 5.26 Å². The van der Waals surface area contributed by atoms with E-state index in [1.54, 1.807) is 13.0 Å². The van der Waals surface area contributed by atoms with E-state index in [0.29, 0.717) is 13.2 Å². The normalized spacial score (nSPS) is 23.6. The average molecular weight is 247 g/mol. The lowest BCUT2D eigenvalue weighted by atomic mass is 10.3. The summed E-state index contributed by atoms with van der Waals surface area (Å²) in [5, 5.41) is 10.8. The minimum atomic E-state index is -3.54. The van der Waals surface area contributed by atoms with Crippen molar-refractivity contribution in [2.45, 2.75) is 24.7 Å². The molecule has 1 fully saturated rings. The Kier molecular flexibility index (Phi) is 5.15. The second-order valence-electron chi connectivity index (χ2n) is 3.62. The Morgan fingerprint density at radius 1 is 1.69 bits per heavy atom. The van der Waals surface area contributed by atoms with Gasteiger partial charge in [-0.05, 0) is 6.42 Å². The topological polar surface area (TPSA) is 91.2 Å². The first-order chi connectivity index (χ1) is 7.60. The Morgan fingerprint density at radius 2 is 2.44 bits per heavy atom. The lowest BCUT2D eigenvalue weighted by molar-refractivity contribution is 0.0324. The fourth-order valence-electron chi connectivity index (χ4n) is 1.44. The Morgan fingerprint density at radius 3 is 2.94 bits per heavy atom. The monoisotopic (exact) mass is 247 g/mol. The fourth-order valence-corrected chi connectivity index (χ4v) is 2.64. The summed E-state index contributed by atoms with van der Waals surface area (Å²) >= 11 is 0. The highest BCUT2D eigenvalue weighted by Gasteiger charge is 2.24. The molecule has 0 bridgehead atoms. The first kappa shape index (κ1) is 13.4. The highest BCUT2D eigenvalue weighted by molar-refractivity contribution is 7.90. The summed E-state index contributed by atoms with van der Waals surface area (Å²) in [4.78, 5) is 0. The maximum absolute atomic E-state index is 11.6. The largest absolute Gasteiger partial charge is 0.374 e. The molecule has 16 heavy (non-hydrogen) atoms. The second kappa shape index (κ2) is 6.15. The molecule has 0 aromatic carbocycles. The van der Waals surface area contributed by atoms with E-state index < -0.39 is 15.3 Å². The predicted octanol–water partition coefficient (Wildman–Crippen LogP) is -0.804. The summed E-state index contributed by atoms with van der Waals surface area (Å²) in [6.07, 6.45) is 0.134. The van der Waals surface area contributed by atoms with Crippen molar-refractivity contribution in [2.75, 3.05) is 26.2 Å². The van der Waals surface area contributed by atoms with E-state index in [-0.39, 0.29) is 19.1 Å². The molecule has 0 amide bonds. The number of sulfonamides is 1. The van der Waals surface area contributed by atoms with Crippen LogP contribution in [0, 0.1) is 11.3 Å². The smallest absolute Gasteiger partial charge is 0.228 e. The lowest BCUT2D eigenvalue weighted by Gasteiger charge is -2.24. The molecule has 92 valence electrons. The molecule has 7 heteroatoms. The highest BCUT2D eigenvalue weighted by atomic mass is 32.2. The first-order valence-corrected chi connectivity index (χ1v) is 6.85. The molecule has 1 saturated heterocycles. The third-order valence-corrected chi connectivity index (χ3v) is 4.16. The summed E-state index contributed by atoms with van der Waals surface area (Å²) in [6.45, 7) is 3.89. The number of nitrogens with zero attached hydrogens (tertiary/aromatic N) is 1. The molecule has 0 radical (unpaired) electrons. The van der Waals surface area contributed by atoms with Gasteiger partial charge in [-0.15, -0.1) is 0 Å². The molecule has 0 saturated carbocycles. The molecule has 2 N–H and O–H groups in total. The maximum atomic E-state index is 11.6. The SMILES string of the molecule is CCC(C#N)S(=O)(=O)NCC1CNCCO1. The van der Waals surface area contributed by atoms with Crippen LogP contribution >= 0.6 is 0 Å². The van der Waals surface area contributed by atoms with Crippen LogP contribution in [0.3, 0.4) is 0 Å². The van der Waals surface area contributed by atoms with Crippen LogP contribution in [-0.2, 0) is 14.8 Å². The van der Waals surface area contributed by atoms with Crippen molar-refractivity contribution in [3.8, 4) is 6.07 Å². The van der Waals surface area contributed by atoms with Crippen molar-refractivity contribution >= 4 is 10.0 Å². The van der Waals surface area contributed by atoms with E-state index >= 15 is 0 Å². The number of hydrogen-bond acceptors (Lipinski definition) is 5. The Bertz CT molecular complexity index is 344. The third kappa shape index (κ3) is 3.72. The van der Waals surface area contributed by atoms with Crippen LogP contribution in [0.2, 0.25) is 0 Å². The summed E-state index contributed by atoms with van der Waals surface area (Å²) < 4.78 is 31.0. The predicted molar refractivity (Wildman–Crippen MR) is 59.2 cm³/mol. The van der Waals surface area contributed by atoms with E-state index in [9.17, 15) is 8.42 Å². The number of morpholine rings is 1. The van der Waals surface area contributed by atoms with E-state index in [1.165, 1.54) is 0 Å². The molecule has 0 aliphatic carbocycles. The standard InChI is InChI=1S/C9H17N3O3S/c1-2-9(5-10)16(13,14)12-7-8-6-11-3-4-15-8/h8-9,11-12H,2-4,6-7H2,1H3. The molecule has 0 aromatic heterocycles. The Labute approximate surface area is 96.0 Å².